The van der Waals surface area contributed by atoms with Crippen LogP contribution >= 0.6 is 0 Å². The Bertz CT molecular complexity index is 756. The molecule has 1 unspecified atom stereocenters. The van der Waals surface area contributed by atoms with Crippen LogP contribution in [0, 0.1) is 29.1 Å². The Morgan fingerprint density at radius 1 is 1.07 bits per heavy atom. The first-order valence-electron chi connectivity index (χ1n) is 12.2. The van der Waals surface area contributed by atoms with Gasteiger partial charge in [-0.2, -0.15) is 0 Å². The molecule has 3 fully saturated rings. The third kappa shape index (κ3) is 4.93. The molecule has 1 nitrogen and oxygen atoms in total. The van der Waals surface area contributed by atoms with Gasteiger partial charge >= 0.3 is 0 Å². The van der Waals surface area contributed by atoms with E-state index < -0.39 is 5.60 Å². The van der Waals surface area contributed by atoms with Gasteiger partial charge in [0.15, 0.2) is 0 Å². The summed E-state index contributed by atoms with van der Waals surface area (Å²) >= 11 is 0. The molecule has 0 heterocycles. The molecule has 0 saturated heterocycles. The molecular weight excluding hydrogens is 364 g/mol. The lowest BCUT2D eigenvalue weighted by Crippen LogP contribution is -2.35. The zero-order valence-corrected chi connectivity index (χ0v) is 20.1. The highest BCUT2D eigenvalue weighted by atomic mass is 16.3. The Balaban J connectivity index is 1.76. The summed E-state index contributed by atoms with van der Waals surface area (Å²) in [6, 6.07) is 0. The van der Waals surface area contributed by atoms with Crippen molar-refractivity contribution in [2.75, 3.05) is 0 Å². The third-order valence-electron chi connectivity index (χ3n) is 8.66. The molecule has 3 saturated carbocycles. The minimum Gasteiger partial charge on any atom is -0.390 e. The van der Waals surface area contributed by atoms with E-state index in [1.165, 1.54) is 48.8 Å². The van der Waals surface area contributed by atoms with Crippen molar-refractivity contribution in [2.24, 2.45) is 29.1 Å². The first kappa shape index (κ1) is 23.3. The van der Waals surface area contributed by atoms with Crippen LogP contribution in [0.1, 0.15) is 86.0 Å². The first-order valence-corrected chi connectivity index (χ1v) is 12.2. The normalized spacial score (nSPS) is 35.3. The molecule has 3 aliphatic carbocycles. The van der Waals surface area contributed by atoms with Crippen LogP contribution in [-0.4, -0.2) is 10.7 Å². The summed E-state index contributed by atoms with van der Waals surface area (Å²) in [7, 11) is 0. The van der Waals surface area contributed by atoms with Crippen molar-refractivity contribution >= 4 is 0 Å². The summed E-state index contributed by atoms with van der Waals surface area (Å²) in [5, 5.41) is 10.3. The zero-order valence-electron chi connectivity index (χ0n) is 20.1. The molecule has 0 aromatic heterocycles. The number of hydrogen-bond acceptors (Lipinski definition) is 1. The number of allylic oxidation sites excluding steroid dienone is 7. The highest BCUT2D eigenvalue weighted by Crippen LogP contribution is 2.59. The van der Waals surface area contributed by atoms with E-state index in [-0.39, 0.29) is 5.92 Å². The standard InChI is InChI=1S/C29H44O/c1-20-10-11-21(2)25(19-20)15-14-24-9-8-18-29(7)26(16-17-27(24)29)22(3)12-13-23(4)28(5,6)30/h12-15,22-23,26-27,30H,1-2,8-11,16-19H2,3-7H3/b13-12+,24-14+,25-15-/t22-,23+,26-,27?,29-/m1/s1. The largest absolute Gasteiger partial charge is 0.390 e. The molecule has 0 aliphatic heterocycles. The molecule has 0 spiro atoms. The fraction of sp³-hybridized carbons (Fsp3) is 0.655. The van der Waals surface area contributed by atoms with E-state index in [0.717, 1.165) is 31.1 Å². The second-order valence-corrected chi connectivity index (χ2v) is 11.2. The fourth-order valence-electron chi connectivity index (χ4n) is 6.21. The Kier molecular flexibility index (Phi) is 7.02. The van der Waals surface area contributed by atoms with Gasteiger partial charge in [0.05, 0.1) is 5.60 Å². The summed E-state index contributed by atoms with van der Waals surface area (Å²) in [6.07, 6.45) is 19.2. The number of aliphatic hydroxyl groups is 1. The SMILES string of the molecule is C=C1CCC(=C)/C(=C\C=C2/CCC[C@@]3(C)C2CC[C@@H]3[C@H](C)/C=C/[C@H](C)C(C)(C)O)C1. The highest BCUT2D eigenvalue weighted by molar-refractivity contribution is 5.39. The van der Waals surface area contributed by atoms with Gasteiger partial charge in [0, 0.05) is 5.92 Å². The topological polar surface area (TPSA) is 20.2 Å². The average molecular weight is 409 g/mol. The maximum atomic E-state index is 10.3. The maximum Gasteiger partial charge on any atom is 0.0651 e. The lowest BCUT2D eigenvalue weighted by molar-refractivity contribution is 0.0436. The molecular formula is C29H44O. The van der Waals surface area contributed by atoms with E-state index in [0.29, 0.717) is 11.3 Å². The number of fused-ring (bicyclic) bond motifs is 1. The highest BCUT2D eigenvalue weighted by Gasteiger charge is 2.50. The number of hydrogen-bond donors (Lipinski definition) is 1. The summed E-state index contributed by atoms with van der Waals surface area (Å²) in [6.45, 7) is 19.4. The van der Waals surface area contributed by atoms with E-state index in [1.54, 1.807) is 5.57 Å². The van der Waals surface area contributed by atoms with Gasteiger partial charge < -0.3 is 5.11 Å². The molecule has 3 aliphatic rings. The summed E-state index contributed by atoms with van der Waals surface area (Å²) in [4.78, 5) is 0. The smallest absolute Gasteiger partial charge is 0.0651 e. The minimum atomic E-state index is -0.652. The molecule has 166 valence electrons. The van der Waals surface area contributed by atoms with Gasteiger partial charge in [0.2, 0.25) is 0 Å². The summed E-state index contributed by atoms with van der Waals surface area (Å²) in [5.74, 6) is 2.19. The van der Waals surface area contributed by atoms with Crippen LogP contribution in [0.25, 0.3) is 0 Å². The van der Waals surface area contributed by atoms with E-state index in [2.05, 4.69) is 58.2 Å². The fourth-order valence-corrected chi connectivity index (χ4v) is 6.21. The van der Waals surface area contributed by atoms with E-state index in [9.17, 15) is 5.11 Å². The van der Waals surface area contributed by atoms with Crippen molar-refractivity contribution in [3.63, 3.8) is 0 Å². The van der Waals surface area contributed by atoms with Gasteiger partial charge in [-0.3, -0.25) is 0 Å². The average Bonchev–Trinajstić information content (AvgIpc) is 3.03. The lowest BCUT2D eigenvalue weighted by atomic mass is 9.61. The van der Waals surface area contributed by atoms with Crippen molar-refractivity contribution in [2.45, 2.75) is 91.6 Å². The quantitative estimate of drug-likeness (QED) is 0.458. The van der Waals surface area contributed by atoms with Crippen molar-refractivity contribution < 1.29 is 5.11 Å². The second-order valence-electron chi connectivity index (χ2n) is 11.2. The molecule has 5 atom stereocenters. The van der Waals surface area contributed by atoms with E-state index >= 15 is 0 Å². The van der Waals surface area contributed by atoms with E-state index in [1.807, 2.05) is 13.8 Å². The van der Waals surface area contributed by atoms with Gasteiger partial charge in [0.1, 0.15) is 0 Å². The van der Waals surface area contributed by atoms with Gasteiger partial charge in [-0.25, -0.2) is 0 Å². The van der Waals surface area contributed by atoms with Crippen LogP contribution in [0.3, 0.4) is 0 Å². The van der Waals surface area contributed by atoms with Gasteiger partial charge in [0.25, 0.3) is 0 Å². The molecule has 0 amide bonds. The van der Waals surface area contributed by atoms with Gasteiger partial charge in [-0.15, -0.1) is 0 Å². The molecule has 3 rings (SSSR count). The molecule has 0 aromatic carbocycles. The Morgan fingerprint density at radius 3 is 2.50 bits per heavy atom. The first-order chi connectivity index (χ1) is 14.0. The minimum absolute atomic E-state index is 0.178. The summed E-state index contributed by atoms with van der Waals surface area (Å²) < 4.78 is 0. The third-order valence-corrected chi connectivity index (χ3v) is 8.66. The van der Waals surface area contributed by atoms with Crippen LogP contribution in [0.4, 0.5) is 0 Å². The van der Waals surface area contributed by atoms with Crippen LogP contribution < -0.4 is 0 Å². The van der Waals surface area contributed by atoms with Crippen LogP contribution in [-0.2, 0) is 0 Å². The Hall–Kier alpha value is -1.34. The van der Waals surface area contributed by atoms with Crippen molar-refractivity contribution in [1.29, 1.82) is 0 Å². The molecule has 0 bridgehead atoms. The van der Waals surface area contributed by atoms with Crippen molar-refractivity contribution in [3.8, 4) is 0 Å². The molecule has 0 aromatic rings. The van der Waals surface area contributed by atoms with Crippen LogP contribution in [0.15, 0.2) is 59.8 Å². The lowest BCUT2D eigenvalue weighted by Gasteiger charge is -2.44. The predicted molar refractivity (Wildman–Crippen MR) is 130 cm³/mol. The number of rotatable bonds is 5. The van der Waals surface area contributed by atoms with Crippen molar-refractivity contribution in [1.82, 2.24) is 0 Å². The molecule has 1 heteroatoms. The molecule has 1 N–H and O–H groups in total. The van der Waals surface area contributed by atoms with Crippen LogP contribution in [0.5, 0.6) is 0 Å². The van der Waals surface area contributed by atoms with E-state index in [4.69, 9.17) is 0 Å². The van der Waals surface area contributed by atoms with Gasteiger partial charge in [-0.05, 0) is 94.0 Å². The Morgan fingerprint density at radius 2 is 1.80 bits per heavy atom. The Labute approximate surface area is 185 Å². The summed E-state index contributed by atoms with van der Waals surface area (Å²) in [5.41, 5.74) is 5.48. The zero-order chi connectivity index (χ0) is 22.1. The van der Waals surface area contributed by atoms with Crippen molar-refractivity contribution in [3.05, 3.63) is 59.8 Å². The van der Waals surface area contributed by atoms with Gasteiger partial charge in [-0.1, -0.05) is 75.0 Å². The molecule has 0 radical (unpaired) electrons. The molecule has 30 heavy (non-hydrogen) atoms. The predicted octanol–water partition coefficient (Wildman–Crippen LogP) is 7.95. The second kappa shape index (κ2) is 9.03. The van der Waals surface area contributed by atoms with Crippen LogP contribution in [0.2, 0.25) is 0 Å². The monoisotopic (exact) mass is 408 g/mol. The maximum absolute atomic E-state index is 10.3.